The molecule has 27 heavy (non-hydrogen) atoms. The summed E-state index contributed by atoms with van der Waals surface area (Å²) in [5.74, 6) is -0.449. The highest BCUT2D eigenvalue weighted by atomic mass is 32.2. The largest absolute Gasteiger partial charge is 0.453 e. The van der Waals surface area contributed by atoms with Crippen LogP contribution in [-0.4, -0.2) is 60.9 Å². The summed E-state index contributed by atoms with van der Waals surface area (Å²) >= 11 is 1.14. The molecule has 0 aromatic carbocycles. The molecule has 144 valence electrons. The van der Waals surface area contributed by atoms with Crippen LogP contribution in [0.1, 0.15) is 12.7 Å². The first-order valence-electron chi connectivity index (χ1n) is 8.21. The Labute approximate surface area is 155 Å². The number of rotatable bonds is 4. The van der Waals surface area contributed by atoms with Gasteiger partial charge in [0, 0.05) is 19.6 Å². The summed E-state index contributed by atoms with van der Waals surface area (Å²) < 4.78 is 47.0. The summed E-state index contributed by atoms with van der Waals surface area (Å²) in [6.45, 7) is 5.22. The van der Waals surface area contributed by atoms with Crippen molar-refractivity contribution in [1.82, 2.24) is 34.6 Å². The van der Waals surface area contributed by atoms with Crippen molar-refractivity contribution >= 4 is 23.4 Å². The summed E-state index contributed by atoms with van der Waals surface area (Å²) in [5.41, 5.74) is 0.0256. The Balaban J connectivity index is 1.65. The number of fused-ring (bicyclic) bond motifs is 1. The minimum Gasteiger partial charge on any atom is -0.378 e. The van der Waals surface area contributed by atoms with Crippen LogP contribution in [0.2, 0.25) is 0 Å². The van der Waals surface area contributed by atoms with E-state index in [9.17, 15) is 13.2 Å². The van der Waals surface area contributed by atoms with Crippen LogP contribution in [0.15, 0.2) is 22.3 Å². The molecule has 3 aromatic heterocycles. The smallest absolute Gasteiger partial charge is 0.378 e. The fraction of sp³-hybridized carbons (Fsp3) is 0.500. The topological polar surface area (TPSA) is 86.3 Å². The van der Waals surface area contributed by atoms with Crippen molar-refractivity contribution in [3.05, 3.63) is 18.0 Å². The molecular formula is C14H15F3N8OS. The van der Waals surface area contributed by atoms with E-state index in [0.717, 1.165) is 11.8 Å². The third-order valence-corrected chi connectivity index (χ3v) is 4.91. The van der Waals surface area contributed by atoms with Gasteiger partial charge in [-0.15, -0.1) is 20.4 Å². The highest BCUT2D eigenvalue weighted by Crippen LogP contribution is 2.30. The van der Waals surface area contributed by atoms with Crippen LogP contribution in [0.25, 0.3) is 5.65 Å². The summed E-state index contributed by atoms with van der Waals surface area (Å²) in [5, 5.41) is 20.0. The minimum absolute atomic E-state index is 0.0256. The first-order chi connectivity index (χ1) is 13.0. The number of hydrogen-bond acceptors (Lipinski definition) is 8. The Hall–Kier alpha value is -2.41. The first kappa shape index (κ1) is 18.0. The molecule has 0 saturated carbocycles. The number of hydrogen-bond donors (Lipinski definition) is 0. The molecular weight excluding hydrogens is 385 g/mol. The Bertz CT molecular complexity index is 950. The van der Waals surface area contributed by atoms with E-state index in [-0.39, 0.29) is 5.65 Å². The van der Waals surface area contributed by atoms with E-state index in [1.807, 2.05) is 11.5 Å². The number of aromatic nitrogens is 7. The monoisotopic (exact) mass is 400 g/mol. The normalized spacial score (nSPS) is 15.6. The van der Waals surface area contributed by atoms with Crippen molar-refractivity contribution in [2.75, 3.05) is 31.2 Å². The number of anilines is 1. The van der Waals surface area contributed by atoms with Crippen molar-refractivity contribution in [3.63, 3.8) is 0 Å². The van der Waals surface area contributed by atoms with E-state index in [1.165, 1.54) is 6.07 Å². The highest BCUT2D eigenvalue weighted by molar-refractivity contribution is 7.99. The number of halogens is 3. The third kappa shape index (κ3) is 3.43. The lowest BCUT2D eigenvalue weighted by Crippen LogP contribution is -2.38. The lowest BCUT2D eigenvalue weighted by molar-refractivity contribution is -0.146. The zero-order valence-corrected chi connectivity index (χ0v) is 15.0. The lowest BCUT2D eigenvalue weighted by atomic mass is 10.4. The quantitative estimate of drug-likeness (QED) is 0.655. The van der Waals surface area contributed by atoms with Gasteiger partial charge in [-0.1, -0.05) is 0 Å². The molecule has 1 aliphatic rings. The first-order valence-corrected chi connectivity index (χ1v) is 9.02. The zero-order chi connectivity index (χ0) is 19.0. The van der Waals surface area contributed by atoms with Gasteiger partial charge in [0.05, 0.1) is 13.2 Å². The van der Waals surface area contributed by atoms with Gasteiger partial charge in [0.2, 0.25) is 5.95 Å². The van der Waals surface area contributed by atoms with Crippen LogP contribution < -0.4 is 4.90 Å². The Morgan fingerprint density at radius 1 is 1.11 bits per heavy atom. The predicted octanol–water partition coefficient (Wildman–Crippen LogP) is 1.74. The molecule has 4 rings (SSSR count). The summed E-state index contributed by atoms with van der Waals surface area (Å²) in [6, 6.07) is 3.02. The minimum atomic E-state index is -4.64. The summed E-state index contributed by atoms with van der Waals surface area (Å²) in [7, 11) is 0. The lowest BCUT2D eigenvalue weighted by Gasteiger charge is -2.27. The van der Waals surface area contributed by atoms with Gasteiger partial charge in [-0.05, 0) is 30.8 Å². The van der Waals surface area contributed by atoms with Gasteiger partial charge in [0.15, 0.2) is 10.8 Å². The second-order valence-corrected chi connectivity index (χ2v) is 6.68. The number of ether oxygens (including phenoxy) is 1. The second kappa shape index (κ2) is 6.96. The van der Waals surface area contributed by atoms with E-state index < -0.39 is 12.0 Å². The molecule has 0 radical (unpaired) electrons. The van der Waals surface area contributed by atoms with Gasteiger partial charge in [-0.3, -0.25) is 4.57 Å². The van der Waals surface area contributed by atoms with Crippen molar-refractivity contribution in [2.45, 2.75) is 29.8 Å². The SMILES string of the molecule is CCn1c(Sc2ccc3nnc(C(F)(F)F)n3n2)nnc1N1CCOCC1. The molecule has 1 aliphatic heterocycles. The molecule has 0 spiro atoms. The summed E-state index contributed by atoms with van der Waals surface area (Å²) in [4.78, 5) is 2.07. The van der Waals surface area contributed by atoms with Gasteiger partial charge in [-0.25, -0.2) is 0 Å². The molecule has 0 bridgehead atoms. The molecule has 0 atom stereocenters. The molecule has 0 unspecified atom stereocenters. The second-order valence-electron chi connectivity index (χ2n) is 5.69. The average Bonchev–Trinajstić information content (AvgIpc) is 3.25. The van der Waals surface area contributed by atoms with Gasteiger partial charge in [0.25, 0.3) is 5.82 Å². The van der Waals surface area contributed by atoms with Gasteiger partial charge < -0.3 is 9.64 Å². The van der Waals surface area contributed by atoms with Gasteiger partial charge >= 0.3 is 6.18 Å². The van der Waals surface area contributed by atoms with Crippen LogP contribution in [0.4, 0.5) is 19.1 Å². The molecule has 1 saturated heterocycles. The maximum Gasteiger partial charge on any atom is 0.453 e. The summed E-state index contributed by atoms with van der Waals surface area (Å²) in [6.07, 6.45) is -4.64. The van der Waals surface area contributed by atoms with Crippen LogP contribution in [-0.2, 0) is 17.5 Å². The zero-order valence-electron chi connectivity index (χ0n) is 14.2. The molecule has 0 N–H and O–H groups in total. The van der Waals surface area contributed by atoms with Gasteiger partial charge in [-0.2, -0.15) is 22.8 Å². The molecule has 0 aliphatic carbocycles. The Morgan fingerprint density at radius 2 is 1.89 bits per heavy atom. The van der Waals surface area contributed by atoms with E-state index in [2.05, 4.69) is 30.4 Å². The van der Waals surface area contributed by atoms with Crippen molar-refractivity contribution in [3.8, 4) is 0 Å². The Morgan fingerprint density at radius 3 is 2.59 bits per heavy atom. The standard InChI is InChI=1S/C14H15F3N8OS/c1-2-24-12(23-5-7-26-8-6-23)20-21-13(24)27-10-4-3-9-18-19-11(14(15,16)17)25(9)22-10/h3-4H,2,5-8H2,1H3. The van der Waals surface area contributed by atoms with E-state index in [0.29, 0.717) is 53.5 Å². The number of nitrogens with zero attached hydrogens (tertiary/aromatic N) is 8. The maximum atomic E-state index is 13.0. The molecule has 13 heteroatoms. The Kier molecular flexibility index (Phi) is 4.63. The van der Waals surface area contributed by atoms with E-state index in [1.54, 1.807) is 6.07 Å². The van der Waals surface area contributed by atoms with Gasteiger partial charge in [0.1, 0.15) is 5.03 Å². The van der Waals surface area contributed by atoms with E-state index in [4.69, 9.17) is 4.74 Å². The van der Waals surface area contributed by atoms with Crippen molar-refractivity contribution in [2.24, 2.45) is 0 Å². The fourth-order valence-corrected chi connectivity index (χ4v) is 3.58. The third-order valence-electron chi connectivity index (χ3n) is 4.00. The number of alkyl halides is 3. The highest BCUT2D eigenvalue weighted by Gasteiger charge is 2.37. The fourth-order valence-electron chi connectivity index (χ4n) is 2.73. The van der Waals surface area contributed by atoms with Crippen molar-refractivity contribution < 1.29 is 17.9 Å². The number of morpholine rings is 1. The molecule has 9 nitrogen and oxygen atoms in total. The van der Waals surface area contributed by atoms with Crippen LogP contribution in [0, 0.1) is 0 Å². The molecule has 4 heterocycles. The molecule has 0 amide bonds. The average molecular weight is 400 g/mol. The van der Waals surface area contributed by atoms with E-state index >= 15 is 0 Å². The molecule has 3 aromatic rings. The van der Waals surface area contributed by atoms with Crippen LogP contribution in [0.3, 0.4) is 0 Å². The maximum absolute atomic E-state index is 13.0. The molecule has 1 fully saturated rings. The van der Waals surface area contributed by atoms with Crippen LogP contribution >= 0.6 is 11.8 Å². The van der Waals surface area contributed by atoms with Crippen LogP contribution in [0.5, 0.6) is 0 Å². The predicted molar refractivity (Wildman–Crippen MR) is 88.6 cm³/mol. The van der Waals surface area contributed by atoms with Crippen molar-refractivity contribution in [1.29, 1.82) is 0 Å².